The van der Waals surface area contributed by atoms with E-state index < -0.39 is 0 Å². The first-order valence-electron chi connectivity index (χ1n) is 7.88. The van der Waals surface area contributed by atoms with Gasteiger partial charge in [0.1, 0.15) is 5.82 Å². The molecule has 0 aliphatic heterocycles. The Hall–Kier alpha value is -1.90. The number of hydrogen-bond acceptors (Lipinski definition) is 3. The van der Waals surface area contributed by atoms with Crippen molar-refractivity contribution in [3.8, 4) is 5.88 Å². The van der Waals surface area contributed by atoms with E-state index in [1.165, 1.54) is 6.07 Å². The molecule has 0 aliphatic rings. The second-order valence-corrected chi connectivity index (χ2v) is 5.34. The zero-order valence-corrected chi connectivity index (χ0v) is 17.0. The van der Waals surface area contributed by atoms with Crippen LogP contribution in [-0.2, 0) is 13.1 Å². The highest BCUT2D eigenvalue weighted by Gasteiger charge is 2.02. The van der Waals surface area contributed by atoms with Gasteiger partial charge in [0.15, 0.2) is 5.96 Å². The fourth-order valence-corrected chi connectivity index (χ4v) is 2.18. The Balaban J connectivity index is 0.00000312. The second-order valence-electron chi connectivity index (χ2n) is 5.34. The summed E-state index contributed by atoms with van der Waals surface area (Å²) in [6.07, 6.45) is 1.71. The lowest BCUT2D eigenvalue weighted by Crippen LogP contribution is -2.36. The van der Waals surface area contributed by atoms with Gasteiger partial charge in [-0.15, -0.1) is 24.0 Å². The van der Waals surface area contributed by atoms with Crippen molar-refractivity contribution in [3.05, 3.63) is 59.0 Å². The van der Waals surface area contributed by atoms with Gasteiger partial charge in [-0.25, -0.2) is 14.4 Å². The number of rotatable bonds is 6. The standard InChI is InChI=1S/C18H23FN4O.HI/c1-4-20-18(22-11-14-5-6-16(19)13(2)9-14)23-12-15-7-8-21-17(10-15)24-3;/h5-10H,4,11-12H2,1-3H3,(H2,20,22,23);1H. The van der Waals surface area contributed by atoms with Crippen molar-refractivity contribution < 1.29 is 9.13 Å². The van der Waals surface area contributed by atoms with Crippen LogP contribution in [0.5, 0.6) is 5.88 Å². The number of halogens is 2. The molecule has 1 aromatic carbocycles. The summed E-state index contributed by atoms with van der Waals surface area (Å²) in [4.78, 5) is 8.62. The molecule has 0 saturated heterocycles. The van der Waals surface area contributed by atoms with E-state index in [0.717, 1.165) is 17.7 Å². The Kier molecular flexibility index (Phi) is 9.18. The molecule has 136 valence electrons. The van der Waals surface area contributed by atoms with Crippen molar-refractivity contribution in [2.24, 2.45) is 4.99 Å². The van der Waals surface area contributed by atoms with Gasteiger partial charge in [-0.2, -0.15) is 0 Å². The molecule has 2 N–H and O–H groups in total. The molecule has 0 aliphatic carbocycles. The molecule has 0 fully saturated rings. The van der Waals surface area contributed by atoms with Crippen LogP contribution in [0.4, 0.5) is 4.39 Å². The van der Waals surface area contributed by atoms with Crippen LogP contribution < -0.4 is 15.4 Å². The molecular formula is C18H24FIN4O. The Labute approximate surface area is 165 Å². The van der Waals surface area contributed by atoms with Gasteiger partial charge in [0.25, 0.3) is 0 Å². The zero-order valence-electron chi connectivity index (χ0n) is 14.7. The zero-order chi connectivity index (χ0) is 17.4. The van der Waals surface area contributed by atoms with Crippen LogP contribution in [-0.4, -0.2) is 24.6 Å². The summed E-state index contributed by atoms with van der Waals surface area (Å²) in [7, 11) is 1.59. The summed E-state index contributed by atoms with van der Waals surface area (Å²) in [5.41, 5.74) is 2.64. The van der Waals surface area contributed by atoms with Crippen LogP contribution in [0.25, 0.3) is 0 Å². The van der Waals surface area contributed by atoms with E-state index in [0.29, 0.717) is 30.5 Å². The Bertz CT molecular complexity index is 709. The number of hydrogen-bond donors (Lipinski definition) is 2. The molecule has 0 atom stereocenters. The van der Waals surface area contributed by atoms with E-state index in [4.69, 9.17) is 4.74 Å². The molecule has 5 nitrogen and oxygen atoms in total. The molecule has 0 unspecified atom stereocenters. The number of aliphatic imine (C=N–C) groups is 1. The molecule has 0 saturated carbocycles. The summed E-state index contributed by atoms with van der Waals surface area (Å²) >= 11 is 0. The second kappa shape index (κ2) is 10.9. The maximum atomic E-state index is 13.3. The maximum absolute atomic E-state index is 13.3. The van der Waals surface area contributed by atoms with Crippen LogP contribution in [0.15, 0.2) is 41.5 Å². The van der Waals surface area contributed by atoms with Gasteiger partial charge >= 0.3 is 0 Å². The summed E-state index contributed by atoms with van der Waals surface area (Å²) in [5.74, 6) is 1.09. The fraction of sp³-hybridized carbons (Fsp3) is 0.333. The smallest absolute Gasteiger partial charge is 0.213 e. The van der Waals surface area contributed by atoms with Gasteiger partial charge in [0.2, 0.25) is 5.88 Å². The average Bonchev–Trinajstić information content (AvgIpc) is 2.60. The number of pyridine rings is 1. The van der Waals surface area contributed by atoms with Gasteiger partial charge in [0, 0.05) is 25.4 Å². The van der Waals surface area contributed by atoms with E-state index in [-0.39, 0.29) is 29.8 Å². The molecule has 0 spiro atoms. The Morgan fingerprint density at radius 3 is 2.68 bits per heavy atom. The number of nitrogens with zero attached hydrogens (tertiary/aromatic N) is 2. The minimum atomic E-state index is -0.195. The third-order valence-electron chi connectivity index (χ3n) is 3.45. The predicted octanol–water partition coefficient (Wildman–Crippen LogP) is 3.41. The quantitative estimate of drug-likeness (QED) is 0.396. The van der Waals surface area contributed by atoms with E-state index in [2.05, 4.69) is 20.6 Å². The minimum absolute atomic E-state index is 0. The highest BCUT2D eigenvalue weighted by molar-refractivity contribution is 14.0. The summed E-state index contributed by atoms with van der Waals surface area (Å²) in [5, 5.41) is 6.46. The van der Waals surface area contributed by atoms with Gasteiger partial charge in [-0.1, -0.05) is 12.1 Å². The lowest BCUT2D eigenvalue weighted by molar-refractivity contribution is 0.397. The topological polar surface area (TPSA) is 58.5 Å². The number of benzene rings is 1. The highest BCUT2D eigenvalue weighted by atomic mass is 127. The largest absolute Gasteiger partial charge is 0.481 e. The molecular weight excluding hydrogens is 434 g/mol. The predicted molar refractivity (Wildman–Crippen MR) is 109 cm³/mol. The van der Waals surface area contributed by atoms with E-state index in [1.807, 2.05) is 25.1 Å². The minimum Gasteiger partial charge on any atom is -0.481 e. The summed E-state index contributed by atoms with van der Waals surface area (Å²) in [6, 6.07) is 8.84. The van der Waals surface area contributed by atoms with Crippen LogP contribution in [0, 0.1) is 12.7 Å². The lowest BCUT2D eigenvalue weighted by Gasteiger charge is -2.12. The molecule has 7 heteroatoms. The van der Waals surface area contributed by atoms with Crippen LogP contribution in [0.3, 0.4) is 0 Å². The van der Waals surface area contributed by atoms with Crippen molar-refractivity contribution >= 4 is 29.9 Å². The van der Waals surface area contributed by atoms with E-state index >= 15 is 0 Å². The Morgan fingerprint density at radius 1 is 1.20 bits per heavy atom. The number of nitrogens with one attached hydrogen (secondary N) is 2. The summed E-state index contributed by atoms with van der Waals surface area (Å²) in [6.45, 7) is 5.61. The highest BCUT2D eigenvalue weighted by Crippen LogP contribution is 2.10. The van der Waals surface area contributed by atoms with Crippen molar-refractivity contribution in [2.75, 3.05) is 13.7 Å². The number of aromatic nitrogens is 1. The fourth-order valence-electron chi connectivity index (χ4n) is 2.18. The number of ether oxygens (including phenoxy) is 1. The normalized spacial score (nSPS) is 10.8. The SMILES string of the molecule is CCNC(=NCc1ccc(F)c(C)c1)NCc1ccnc(OC)c1.I. The molecule has 0 amide bonds. The molecule has 1 aromatic heterocycles. The summed E-state index contributed by atoms with van der Waals surface area (Å²) < 4.78 is 18.4. The van der Waals surface area contributed by atoms with Gasteiger partial charge in [0.05, 0.1) is 13.7 Å². The lowest BCUT2D eigenvalue weighted by atomic mass is 10.1. The third-order valence-corrected chi connectivity index (χ3v) is 3.45. The molecule has 2 rings (SSSR count). The van der Waals surface area contributed by atoms with Crippen molar-refractivity contribution in [3.63, 3.8) is 0 Å². The molecule has 2 aromatic rings. The maximum Gasteiger partial charge on any atom is 0.213 e. The molecule has 1 heterocycles. The first-order valence-corrected chi connectivity index (χ1v) is 7.88. The number of methoxy groups -OCH3 is 1. The number of guanidine groups is 1. The van der Waals surface area contributed by atoms with Gasteiger partial charge < -0.3 is 15.4 Å². The molecule has 0 bridgehead atoms. The number of aryl methyl sites for hydroxylation is 1. The molecule has 0 radical (unpaired) electrons. The van der Waals surface area contributed by atoms with Gasteiger partial charge in [-0.3, -0.25) is 0 Å². The van der Waals surface area contributed by atoms with E-state index in [1.54, 1.807) is 26.3 Å². The van der Waals surface area contributed by atoms with Crippen LogP contribution in [0.2, 0.25) is 0 Å². The first-order chi connectivity index (χ1) is 11.6. The average molecular weight is 458 g/mol. The third kappa shape index (κ3) is 6.85. The monoisotopic (exact) mass is 458 g/mol. The van der Waals surface area contributed by atoms with Gasteiger partial charge in [-0.05, 0) is 42.7 Å². The van der Waals surface area contributed by atoms with Crippen molar-refractivity contribution in [1.29, 1.82) is 0 Å². The van der Waals surface area contributed by atoms with Crippen molar-refractivity contribution in [2.45, 2.75) is 26.9 Å². The molecule has 25 heavy (non-hydrogen) atoms. The van der Waals surface area contributed by atoms with E-state index in [9.17, 15) is 4.39 Å². The Morgan fingerprint density at radius 2 is 2.00 bits per heavy atom. The van der Waals surface area contributed by atoms with Crippen LogP contribution >= 0.6 is 24.0 Å². The van der Waals surface area contributed by atoms with Crippen LogP contribution in [0.1, 0.15) is 23.6 Å². The van der Waals surface area contributed by atoms with Crippen molar-refractivity contribution in [1.82, 2.24) is 15.6 Å². The first kappa shape index (κ1) is 21.1.